The molecular formula is C111H80Cl16O15. The van der Waals surface area contributed by atoms with Crippen LogP contribution in [0.5, 0.6) is 86.2 Å². The molecular weight excluding hydrogens is 2140 g/mol. The molecule has 142 heavy (non-hydrogen) atoms. The Labute approximate surface area is 900 Å². The standard InChI is InChI=1S/C111H80Cl16O15/c112-81-27-82(113)36-104(35-81)135-58-73-9-74(59-136-105-37-83(114)28-84(115)38-105)20-100(19-73)131-54-69-7-70(55-132-101-21-75(60-137-106-39-85(116)29-86(117)40-106)10-76(22-101)61-138-107-41-87(118)30-88(119)42-107)16-98(15-69)129-52-67-6-68(14-97(13-67)128-51-66-4-2-1-3-5-66)53-130-99-17-71(56-133-102-23-77(62-139-108-43-89(120)31-90(121)44-108)11-78(24-102)63-140-109-45-91(122)32-92(123)46-109)8-72(18-99)57-134-103-25-79(64-141-110-47-93(124)33-94(125)48-110)12-80(26-103)65-142-111-49-95(126)34-96(127)50-111/h1-50H,51-65H2. The molecule has 0 saturated heterocycles. The van der Waals surface area contributed by atoms with Gasteiger partial charge in [0.1, 0.15) is 185 Å². The third kappa shape index (κ3) is 33.4. The van der Waals surface area contributed by atoms with Gasteiger partial charge < -0.3 is 71.1 Å². The Hall–Kier alpha value is -10.8. The minimum Gasteiger partial charge on any atom is -0.489 e. The van der Waals surface area contributed by atoms with Crippen molar-refractivity contribution in [2.75, 3.05) is 0 Å². The quantitative estimate of drug-likeness (QED) is 0.0357. The number of ether oxygens (including phenoxy) is 15. The summed E-state index contributed by atoms with van der Waals surface area (Å²) in [4.78, 5) is 0. The van der Waals surface area contributed by atoms with Crippen LogP contribution >= 0.6 is 186 Å². The van der Waals surface area contributed by atoms with Crippen molar-refractivity contribution in [3.8, 4) is 86.2 Å². The Morgan fingerprint density at radius 3 is 0.296 bits per heavy atom. The average Bonchev–Trinajstić information content (AvgIpc) is 0.831. The minimum atomic E-state index is 0.0345. The van der Waals surface area contributed by atoms with Gasteiger partial charge >= 0.3 is 0 Å². The van der Waals surface area contributed by atoms with Crippen molar-refractivity contribution >= 4 is 186 Å². The lowest BCUT2D eigenvalue weighted by Gasteiger charge is -2.17. The van der Waals surface area contributed by atoms with Crippen molar-refractivity contribution in [1.82, 2.24) is 0 Å². The second-order valence-corrected chi connectivity index (χ2v) is 39.5. The first-order valence-electron chi connectivity index (χ1n) is 43.6. The largest absolute Gasteiger partial charge is 0.489 e. The summed E-state index contributed by atoms with van der Waals surface area (Å²) in [6.07, 6.45) is 0. The molecule has 0 bridgehead atoms. The van der Waals surface area contributed by atoms with Crippen LogP contribution in [0, 0.1) is 0 Å². The van der Waals surface area contributed by atoms with E-state index in [4.69, 9.17) is 257 Å². The zero-order valence-corrected chi connectivity index (χ0v) is 86.7. The van der Waals surface area contributed by atoms with Crippen molar-refractivity contribution in [3.05, 3.63) is 467 Å². The molecule has 0 saturated carbocycles. The predicted molar refractivity (Wildman–Crippen MR) is 568 cm³/mol. The maximum Gasteiger partial charge on any atom is 0.122 e. The molecule has 0 aliphatic carbocycles. The van der Waals surface area contributed by atoms with Gasteiger partial charge in [-0.15, -0.1) is 0 Å². The Balaban J connectivity index is 0.718. The fourth-order valence-corrected chi connectivity index (χ4v) is 18.9. The molecule has 0 spiro atoms. The van der Waals surface area contributed by atoms with E-state index < -0.39 is 0 Å². The van der Waals surface area contributed by atoms with Crippen molar-refractivity contribution in [1.29, 1.82) is 0 Å². The van der Waals surface area contributed by atoms with Crippen LogP contribution in [0.4, 0.5) is 0 Å². The average molecular weight is 2220 g/mol. The Bertz CT molecular complexity index is 5950. The lowest BCUT2D eigenvalue weighted by Crippen LogP contribution is -2.06. The van der Waals surface area contributed by atoms with Crippen molar-refractivity contribution < 1.29 is 71.1 Å². The topological polar surface area (TPSA) is 138 Å². The molecule has 726 valence electrons. The highest BCUT2D eigenvalue weighted by Crippen LogP contribution is 2.39. The van der Waals surface area contributed by atoms with Gasteiger partial charge in [0.05, 0.1) is 0 Å². The molecule has 0 aromatic heterocycles. The summed E-state index contributed by atoms with van der Waals surface area (Å²) in [5.41, 5.74) is 11.2. The van der Waals surface area contributed by atoms with Gasteiger partial charge in [0, 0.05) is 80.4 Å². The fraction of sp³-hybridized carbons (Fsp3) is 0.135. The molecule has 0 N–H and O–H groups in total. The minimum absolute atomic E-state index is 0.0345. The maximum absolute atomic E-state index is 6.97. The molecule has 0 unspecified atom stereocenters. The monoisotopic (exact) mass is 2210 g/mol. The van der Waals surface area contributed by atoms with Crippen LogP contribution in [-0.4, -0.2) is 0 Å². The summed E-state index contributed by atoms with van der Waals surface area (Å²) in [5, 5.41) is 6.61. The number of hydrogen-bond donors (Lipinski definition) is 0. The van der Waals surface area contributed by atoms with E-state index in [0.717, 1.165) is 61.2 Å². The summed E-state index contributed by atoms with van der Waals surface area (Å²) >= 11 is 103. The van der Waals surface area contributed by atoms with Gasteiger partial charge in [0.25, 0.3) is 0 Å². The Morgan fingerprint density at radius 2 is 0.190 bits per heavy atom. The molecule has 16 rings (SSSR count). The van der Waals surface area contributed by atoms with Crippen molar-refractivity contribution in [3.63, 3.8) is 0 Å². The summed E-state index contributed by atoms with van der Waals surface area (Å²) in [6.45, 7) is 1.31. The first-order chi connectivity index (χ1) is 68.5. The summed E-state index contributed by atoms with van der Waals surface area (Å²) in [5.74, 6) is 7.18. The zero-order chi connectivity index (χ0) is 99.1. The van der Waals surface area contributed by atoms with Crippen LogP contribution in [0.25, 0.3) is 0 Å². The molecule has 0 fully saturated rings. The van der Waals surface area contributed by atoms with E-state index >= 15 is 0 Å². The van der Waals surface area contributed by atoms with Crippen LogP contribution in [0.1, 0.15) is 83.5 Å². The van der Waals surface area contributed by atoms with E-state index in [1.165, 1.54) is 0 Å². The van der Waals surface area contributed by atoms with E-state index in [9.17, 15) is 0 Å². The van der Waals surface area contributed by atoms with Gasteiger partial charge in [0.2, 0.25) is 0 Å². The van der Waals surface area contributed by atoms with E-state index in [-0.39, 0.29) is 99.1 Å². The first-order valence-corrected chi connectivity index (χ1v) is 49.7. The summed E-state index contributed by atoms with van der Waals surface area (Å²) in [7, 11) is 0. The second-order valence-electron chi connectivity index (χ2n) is 32.6. The number of halogens is 16. The molecule has 0 aliphatic heterocycles. The number of benzene rings is 16. The highest BCUT2D eigenvalue weighted by molar-refractivity contribution is 6.38. The van der Waals surface area contributed by atoms with Gasteiger partial charge in [-0.25, -0.2) is 0 Å². The van der Waals surface area contributed by atoms with E-state index in [1.54, 1.807) is 146 Å². The Morgan fingerprint density at radius 1 is 0.0986 bits per heavy atom. The van der Waals surface area contributed by atoms with Gasteiger partial charge in [-0.2, -0.15) is 0 Å². The van der Waals surface area contributed by atoms with Crippen LogP contribution in [0.15, 0.2) is 303 Å². The van der Waals surface area contributed by atoms with Gasteiger partial charge in [-0.05, 0) is 356 Å². The lowest BCUT2D eigenvalue weighted by atomic mass is 10.1. The highest BCUT2D eigenvalue weighted by Gasteiger charge is 2.19. The van der Waals surface area contributed by atoms with E-state index in [0.29, 0.717) is 189 Å². The molecule has 31 heteroatoms. The predicted octanol–water partition coefficient (Wildman–Crippen LogP) is 35.8. The van der Waals surface area contributed by atoms with E-state index in [2.05, 4.69) is 0 Å². The molecule has 15 nitrogen and oxygen atoms in total. The second kappa shape index (κ2) is 50.6. The Kier molecular flexibility index (Phi) is 37.1. The van der Waals surface area contributed by atoms with Gasteiger partial charge in [0.15, 0.2) is 0 Å². The third-order valence-corrected chi connectivity index (χ3v) is 24.3. The first kappa shape index (κ1) is 104. The molecule has 16 aromatic rings. The van der Waals surface area contributed by atoms with Gasteiger partial charge in [-0.1, -0.05) is 216 Å². The molecule has 0 aliphatic rings. The summed E-state index contributed by atoms with van der Waals surface area (Å²) in [6, 6.07) is 90.2. The third-order valence-electron chi connectivity index (χ3n) is 20.8. The number of hydrogen-bond acceptors (Lipinski definition) is 15. The van der Waals surface area contributed by atoms with Crippen LogP contribution in [0.2, 0.25) is 80.4 Å². The SMILES string of the molecule is Clc1cc(Cl)cc(OCc2cc(COc3cc(Cl)cc(Cl)c3)cc(OCc3cc(COc4cc(COc5cc(Cl)cc(Cl)c5)cc(COc5cc(Cl)cc(Cl)c5)c4)cc(OCc4cc(COc5cc(COc6cc(COc7cc(Cl)cc(Cl)c7)cc(COc7cc(Cl)cc(Cl)c7)c6)cc(COc6cc(COc7cc(Cl)cc(Cl)c7)cc(COc7cc(Cl)cc(Cl)c7)c6)c5)cc(OCc5ccccc5)c4)c3)c2)c1. The fourth-order valence-electron chi connectivity index (χ4n) is 14.8. The normalized spacial score (nSPS) is 11.1. The van der Waals surface area contributed by atoms with Crippen LogP contribution in [-0.2, 0) is 99.1 Å². The molecule has 0 atom stereocenters. The molecule has 0 amide bonds. The smallest absolute Gasteiger partial charge is 0.122 e. The van der Waals surface area contributed by atoms with E-state index in [1.807, 2.05) is 158 Å². The highest BCUT2D eigenvalue weighted by atomic mass is 35.5. The van der Waals surface area contributed by atoms with Crippen LogP contribution < -0.4 is 71.1 Å². The number of rotatable bonds is 45. The van der Waals surface area contributed by atoms with Crippen molar-refractivity contribution in [2.24, 2.45) is 0 Å². The molecule has 0 radical (unpaired) electrons. The molecule has 16 aromatic carbocycles. The summed E-state index contributed by atoms with van der Waals surface area (Å²) < 4.78 is 98.0. The van der Waals surface area contributed by atoms with Crippen molar-refractivity contribution in [2.45, 2.75) is 99.1 Å². The van der Waals surface area contributed by atoms with Crippen LogP contribution in [0.3, 0.4) is 0 Å². The maximum atomic E-state index is 6.97. The van der Waals surface area contributed by atoms with Gasteiger partial charge in [-0.3, -0.25) is 0 Å². The lowest BCUT2D eigenvalue weighted by molar-refractivity contribution is 0.277. The molecule has 0 heterocycles. The zero-order valence-electron chi connectivity index (χ0n) is 74.6.